The minimum atomic E-state index is -0.189. The van der Waals surface area contributed by atoms with Crippen LogP contribution < -0.4 is 15.4 Å². The Morgan fingerprint density at radius 1 is 0.900 bits per heavy atom. The van der Waals surface area contributed by atoms with Gasteiger partial charge in [-0.05, 0) is 79.6 Å². The number of rotatable bonds is 7. The largest absolute Gasteiger partial charge is 0.497 e. The highest BCUT2D eigenvalue weighted by Crippen LogP contribution is 2.22. The van der Waals surface area contributed by atoms with Crippen LogP contribution in [0.2, 0.25) is 0 Å². The first kappa shape index (κ1) is 21.5. The Balaban J connectivity index is 1.52. The lowest BCUT2D eigenvalue weighted by molar-refractivity contribution is -0.113. The summed E-state index contributed by atoms with van der Waals surface area (Å²) in [4.78, 5) is 25.5. The van der Waals surface area contributed by atoms with Gasteiger partial charge in [0.25, 0.3) is 5.91 Å². The van der Waals surface area contributed by atoms with Gasteiger partial charge in [-0.25, -0.2) is 0 Å². The van der Waals surface area contributed by atoms with Crippen LogP contribution in [0.4, 0.5) is 11.4 Å². The number of thioether (sulfide) groups is 1. The molecule has 3 aromatic rings. The maximum Gasteiger partial charge on any atom is 0.255 e. The van der Waals surface area contributed by atoms with Gasteiger partial charge in [0.1, 0.15) is 5.75 Å². The number of hydrogen-bond acceptors (Lipinski definition) is 4. The molecule has 0 radical (unpaired) electrons. The molecule has 0 aliphatic rings. The van der Waals surface area contributed by atoms with Crippen molar-refractivity contribution in [1.82, 2.24) is 0 Å². The highest BCUT2D eigenvalue weighted by Gasteiger charge is 2.08. The predicted octanol–water partition coefficient (Wildman–Crippen LogP) is 5.30. The van der Waals surface area contributed by atoms with Crippen molar-refractivity contribution in [2.24, 2.45) is 0 Å². The molecule has 5 nitrogen and oxygen atoms in total. The molecule has 0 aromatic heterocycles. The van der Waals surface area contributed by atoms with Crippen LogP contribution >= 0.6 is 11.8 Å². The smallest absolute Gasteiger partial charge is 0.255 e. The number of aryl methyl sites for hydroxylation is 2. The molecule has 3 aromatic carbocycles. The summed E-state index contributed by atoms with van der Waals surface area (Å²) in [5.74, 6) is 0.774. The number of benzene rings is 3. The first-order valence-corrected chi connectivity index (χ1v) is 10.5. The summed E-state index contributed by atoms with van der Waals surface area (Å²) in [6, 6.07) is 20.3. The molecule has 30 heavy (non-hydrogen) atoms. The van der Waals surface area contributed by atoms with Crippen LogP contribution in [0, 0.1) is 13.8 Å². The van der Waals surface area contributed by atoms with Crippen LogP contribution in [-0.2, 0) is 4.79 Å². The molecule has 0 aliphatic carbocycles. The van der Waals surface area contributed by atoms with E-state index in [2.05, 4.69) is 10.6 Å². The molecular weight excluding hydrogens is 396 g/mol. The van der Waals surface area contributed by atoms with Crippen LogP contribution in [-0.4, -0.2) is 24.7 Å². The summed E-state index contributed by atoms with van der Waals surface area (Å²) < 4.78 is 5.10. The van der Waals surface area contributed by atoms with Gasteiger partial charge in [-0.15, -0.1) is 11.8 Å². The monoisotopic (exact) mass is 420 g/mol. The van der Waals surface area contributed by atoms with Crippen molar-refractivity contribution in [1.29, 1.82) is 0 Å². The molecule has 0 spiro atoms. The second kappa shape index (κ2) is 9.98. The fourth-order valence-electron chi connectivity index (χ4n) is 2.79. The van der Waals surface area contributed by atoms with E-state index in [1.807, 2.05) is 56.3 Å². The van der Waals surface area contributed by atoms with Crippen molar-refractivity contribution in [3.8, 4) is 5.75 Å². The van der Waals surface area contributed by atoms with E-state index in [1.165, 1.54) is 11.8 Å². The zero-order valence-electron chi connectivity index (χ0n) is 17.2. The van der Waals surface area contributed by atoms with Gasteiger partial charge in [-0.3, -0.25) is 9.59 Å². The molecular formula is C24H24N2O3S. The van der Waals surface area contributed by atoms with Gasteiger partial charge in [0, 0.05) is 21.8 Å². The van der Waals surface area contributed by atoms with E-state index in [1.54, 1.807) is 31.4 Å². The number of anilines is 2. The SMILES string of the molecule is COc1ccc(C(=O)Nc2ccc(SCC(=O)Nc3cc(C)ccc3C)cc2)cc1. The fourth-order valence-corrected chi connectivity index (χ4v) is 3.48. The molecule has 0 saturated carbocycles. The topological polar surface area (TPSA) is 67.4 Å². The third kappa shape index (κ3) is 5.87. The van der Waals surface area contributed by atoms with Crippen LogP contribution in [0.25, 0.3) is 0 Å². The Kier molecular flexibility index (Phi) is 7.14. The maximum atomic E-state index is 12.3. The summed E-state index contributed by atoms with van der Waals surface area (Å²) in [7, 11) is 1.59. The number of ether oxygens (including phenoxy) is 1. The number of nitrogens with one attached hydrogen (secondary N) is 2. The molecule has 0 saturated heterocycles. The fraction of sp³-hybridized carbons (Fsp3) is 0.167. The van der Waals surface area contributed by atoms with E-state index < -0.39 is 0 Å². The van der Waals surface area contributed by atoms with E-state index in [0.717, 1.165) is 21.7 Å². The Bertz CT molecular complexity index is 1030. The third-order valence-electron chi connectivity index (χ3n) is 4.50. The van der Waals surface area contributed by atoms with E-state index in [0.29, 0.717) is 22.8 Å². The molecule has 6 heteroatoms. The number of hydrogen-bond donors (Lipinski definition) is 2. The summed E-state index contributed by atoms with van der Waals surface area (Å²) in [5, 5.41) is 5.82. The summed E-state index contributed by atoms with van der Waals surface area (Å²) in [6.07, 6.45) is 0. The highest BCUT2D eigenvalue weighted by atomic mass is 32.2. The molecule has 2 amide bonds. The van der Waals surface area contributed by atoms with Crippen molar-refractivity contribution in [2.75, 3.05) is 23.5 Å². The molecule has 0 heterocycles. The number of carbonyl (C=O) groups is 2. The average molecular weight is 421 g/mol. The third-order valence-corrected chi connectivity index (χ3v) is 5.51. The Labute approximate surface area is 180 Å². The number of amides is 2. The minimum absolute atomic E-state index is 0.0504. The van der Waals surface area contributed by atoms with Crippen molar-refractivity contribution >= 4 is 35.0 Å². The van der Waals surface area contributed by atoms with Gasteiger partial charge in [0.2, 0.25) is 5.91 Å². The van der Waals surface area contributed by atoms with Crippen molar-refractivity contribution in [3.05, 3.63) is 83.4 Å². The standard InChI is InChI=1S/C24H24N2O3S/c1-16-4-5-17(2)22(14-16)26-23(27)15-30-21-12-8-19(9-13-21)25-24(28)18-6-10-20(29-3)11-7-18/h4-14H,15H2,1-3H3,(H,25,28)(H,26,27). The van der Waals surface area contributed by atoms with Gasteiger partial charge in [-0.2, -0.15) is 0 Å². The molecule has 3 rings (SSSR count). The number of carbonyl (C=O) groups excluding carboxylic acids is 2. The van der Waals surface area contributed by atoms with E-state index in [-0.39, 0.29) is 11.8 Å². The molecule has 0 aliphatic heterocycles. The maximum absolute atomic E-state index is 12.3. The second-order valence-electron chi connectivity index (χ2n) is 6.86. The molecule has 0 atom stereocenters. The Morgan fingerprint density at radius 3 is 2.27 bits per heavy atom. The Hall–Kier alpha value is -3.25. The minimum Gasteiger partial charge on any atom is -0.497 e. The zero-order valence-corrected chi connectivity index (χ0v) is 18.0. The summed E-state index contributed by atoms with van der Waals surface area (Å²) >= 11 is 1.45. The van der Waals surface area contributed by atoms with Gasteiger partial charge < -0.3 is 15.4 Å². The van der Waals surface area contributed by atoms with Gasteiger partial charge in [0.15, 0.2) is 0 Å². The zero-order chi connectivity index (χ0) is 21.5. The van der Waals surface area contributed by atoms with E-state index in [9.17, 15) is 9.59 Å². The van der Waals surface area contributed by atoms with E-state index >= 15 is 0 Å². The summed E-state index contributed by atoms with van der Waals surface area (Å²) in [5.41, 5.74) is 4.24. The van der Waals surface area contributed by atoms with Crippen LogP contribution in [0.3, 0.4) is 0 Å². The van der Waals surface area contributed by atoms with Gasteiger partial charge >= 0.3 is 0 Å². The lowest BCUT2D eigenvalue weighted by Crippen LogP contribution is -2.15. The van der Waals surface area contributed by atoms with E-state index in [4.69, 9.17) is 4.74 Å². The van der Waals surface area contributed by atoms with Crippen LogP contribution in [0.15, 0.2) is 71.6 Å². The molecule has 0 fully saturated rings. The predicted molar refractivity (Wildman–Crippen MR) is 123 cm³/mol. The lowest BCUT2D eigenvalue weighted by Gasteiger charge is -2.10. The lowest BCUT2D eigenvalue weighted by atomic mass is 10.1. The molecule has 154 valence electrons. The Morgan fingerprint density at radius 2 is 1.60 bits per heavy atom. The average Bonchev–Trinajstić information content (AvgIpc) is 2.76. The van der Waals surface area contributed by atoms with Gasteiger partial charge in [0.05, 0.1) is 12.9 Å². The molecule has 0 unspecified atom stereocenters. The van der Waals surface area contributed by atoms with Gasteiger partial charge in [-0.1, -0.05) is 12.1 Å². The van der Waals surface area contributed by atoms with Crippen molar-refractivity contribution in [3.63, 3.8) is 0 Å². The highest BCUT2D eigenvalue weighted by molar-refractivity contribution is 8.00. The van der Waals surface area contributed by atoms with Crippen LogP contribution in [0.5, 0.6) is 5.75 Å². The second-order valence-corrected chi connectivity index (χ2v) is 7.91. The first-order valence-electron chi connectivity index (χ1n) is 9.50. The molecule has 0 bridgehead atoms. The van der Waals surface area contributed by atoms with Crippen molar-refractivity contribution < 1.29 is 14.3 Å². The van der Waals surface area contributed by atoms with Crippen LogP contribution in [0.1, 0.15) is 21.5 Å². The van der Waals surface area contributed by atoms with Crippen molar-refractivity contribution in [2.45, 2.75) is 18.7 Å². The first-order chi connectivity index (χ1) is 14.4. The summed E-state index contributed by atoms with van der Waals surface area (Å²) in [6.45, 7) is 3.97. The quantitative estimate of drug-likeness (QED) is 0.509. The normalized spacial score (nSPS) is 10.4. The number of methoxy groups -OCH3 is 1. The molecule has 2 N–H and O–H groups in total.